The van der Waals surface area contributed by atoms with Crippen LogP contribution in [0.2, 0.25) is 5.02 Å². The molecule has 0 saturated carbocycles. The van der Waals surface area contributed by atoms with E-state index in [4.69, 9.17) is 21.1 Å². The fraction of sp³-hybridized carbons (Fsp3) is 0.364. The van der Waals surface area contributed by atoms with Gasteiger partial charge in [0, 0.05) is 48.5 Å². The van der Waals surface area contributed by atoms with Crippen LogP contribution in [0.4, 0.5) is 5.69 Å². The second-order valence-electron chi connectivity index (χ2n) is 7.07. The molecule has 2 aromatic carbocycles. The van der Waals surface area contributed by atoms with Gasteiger partial charge >= 0.3 is 0 Å². The van der Waals surface area contributed by atoms with E-state index in [0.717, 1.165) is 0 Å². The molecule has 2 amide bonds. The van der Waals surface area contributed by atoms with E-state index in [9.17, 15) is 9.59 Å². The van der Waals surface area contributed by atoms with Crippen molar-refractivity contribution >= 4 is 29.1 Å². The number of hydrogen-bond donors (Lipinski definition) is 1. The van der Waals surface area contributed by atoms with Crippen LogP contribution in [0.1, 0.15) is 17.3 Å². The number of hydrogen-bond acceptors (Lipinski definition) is 5. The average Bonchev–Trinajstić information content (AvgIpc) is 2.78. The Bertz CT molecular complexity index is 913. The Kier molecular flexibility index (Phi) is 7.18. The fourth-order valence-electron chi connectivity index (χ4n) is 3.44. The Morgan fingerprint density at radius 1 is 1.00 bits per heavy atom. The molecule has 1 N–H and O–H groups in total. The molecule has 1 saturated heterocycles. The summed E-state index contributed by atoms with van der Waals surface area (Å²) in [5.74, 6) is 0.997. The number of methoxy groups -OCH3 is 2. The quantitative estimate of drug-likeness (QED) is 0.760. The molecule has 1 aliphatic heterocycles. The topological polar surface area (TPSA) is 71.1 Å². The molecule has 160 valence electrons. The molecule has 1 fully saturated rings. The molecular weight excluding hydrogens is 406 g/mol. The van der Waals surface area contributed by atoms with Crippen LogP contribution in [0.15, 0.2) is 42.5 Å². The first kappa shape index (κ1) is 21.9. The van der Waals surface area contributed by atoms with Gasteiger partial charge in [0.1, 0.15) is 0 Å². The molecule has 3 rings (SSSR count). The zero-order valence-corrected chi connectivity index (χ0v) is 18.1. The molecule has 1 atom stereocenters. The summed E-state index contributed by atoms with van der Waals surface area (Å²) in [5, 5.41) is 3.46. The van der Waals surface area contributed by atoms with E-state index in [-0.39, 0.29) is 17.9 Å². The van der Waals surface area contributed by atoms with Gasteiger partial charge in [-0.15, -0.1) is 0 Å². The maximum absolute atomic E-state index is 12.7. The van der Waals surface area contributed by atoms with Gasteiger partial charge in [-0.25, -0.2) is 0 Å². The molecule has 0 aliphatic carbocycles. The molecule has 0 radical (unpaired) electrons. The predicted octanol–water partition coefficient (Wildman–Crippen LogP) is 3.14. The maximum Gasteiger partial charge on any atom is 0.253 e. The van der Waals surface area contributed by atoms with Crippen molar-refractivity contribution in [3.05, 3.63) is 53.1 Å². The van der Waals surface area contributed by atoms with E-state index in [2.05, 4.69) is 10.2 Å². The third kappa shape index (κ3) is 5.04. The van der Waals surface area contributed by atoms with Gasteiger partial charge in [-0.3, -0.25) is 14.5 Å². The van der Waals surface area contributed by atoms with Crippen molar-refractivity contribution in [2.75, 3.05) is 45.7 Å². The smallest absolute Gasteiger partial charge is 0.253 e. The first-order chi connectivity index (χ1) is 14.4. The lowest BCUT2D eigenvalue weighted by atomic mass is 10.1. The number of anilines is 1. The number of benzene rings is 2. The summed E-state index contributed by atoms with van der Waals surface area (Å²) in [6, 6.07) is 11.9. The Balaban J connectivity index is 1.56. The van der Waals surface area contributed by atoms with E-state index < -0.39 is 0 Å². The summed E-state index contributed by atoms with van der Waals surface area (Å²) in [5.41, 5.74) is 1.22. The van der Waals surface area contributed by atoms with Crippen LogP contribution >= 0.6 is 11.6 Å². The van der Waals surface area contributed by atoms with Crippen LogP contribution in [-0.4, -0.2) is 68.1 Å². The van der Waals surface area contributed by atoms with Gasteiger partial charge in [0.2, 0.25) is 5.91 Å². The number of carbonyl (C=O) groups excluding carboxylic acids is 2. The van der Waals surface area contributed by atoms with E-state index in [0.29, 0.717) is 54.0 Å². The van der Waals surface area contributed by atoms with E-state index in [1.807, 2.05) is 6.92 Å². The summed E-state index contributed by atoms with van der Waals surface area (Å²) < 4.78 is 10.5. The molecule has 7 nitrogen and oxygen atoms in total. The van der Waals surface area contributed by atoms with Crippen LogP contribution in [-0.2, 0) is 4.79 Å². The Labute approximate surface area is 181 Å². The first-order valence-electron chi connectivity index (χ1n) is 9.74. The predicted molar refractivity (Wildman–Crippen MR) is 117 cm³/mol. The molecule has 1 unspecified atom stereocenters. The number of halogens is 1. The summed E-state index contributed by atoms with van der Waals surface area (Å²) in [6.07, 6.45) is 0. The number of carbonyl (C=O) groups is 2. The van der Waals surface area contributed by atoms with Crippen LogP contribution in [0.25, 0.3) is 0 Å². The number of ether oxygens (including phenoxy) is 2. The highest BCUT2D eigenvalue weighted by atomic mass is 35.5. The Hall–Kier alpha value is -2.77. The Morgan fingerprint density at radius 2 is 1.70 bits per heavy atom. The minimum Gasteiger partial charge on any atom is -0.493 e. The Morgan fingerprint density at radius 3 is 2.33 bits per heavy atom. The van der Waals surface area contributed by atoms with Crippen molar-refractivity contribution in [1.29, 1.82) is 0 Å². The van der Waals surface area contributed by atoms with Crippen molar-refractivity contribution in [1.82, 2.24) is 9.80 Å². The van der Waals surface area contributed by atoms with Crippen LogP contribution in [0.5, 0.6) is 11.5 Å². The van der Waals surface area contributed by atoms with Gasteiger partial charge in [0.05, 0.1) is 20.3 Å². The summed E-state index contributed by atoms with van der Waals surface area (Å²) in [7, 11) is 3.12. The minimum absolute atomic E-state index is 0.0421. The minimum atomic E-state index is -0.332. The number of nitrogens with one attached hydrogen (secondary N) is 1. The third-order valence-corrected chi connectivity index (χ3v) is 5.49. The van der Waals surface area contributed by atoms with Gasteiger partial charge in [0.15, 0.2) is 11.5 Å². The largest absolute Gasteiger partial charge is 0.493 e. The van der Waals surface area contributed by atoms with E-state index in [1.54, 1.807) is 61.6 Å². The van der Waals surface area contributed by atoms with Crippen molar-refractivity contribution in [3.63, 3.8) is 0 Å². The highest BCUT2D eigenvalue weighted by Gasteiger charge is 2.28. The molecule has 1 heterocycles. The number of rotatable bonds is 6. The van der Waals surface area contributed by atoms with Gasteiger partial charge < -0.3 is 19.7 Å². The summed E-state index contributed by atoms with van der Waals surface area (Å²) in [6.45, 7) is 4.21. The lowest BCUT2D eigenvalue weighted by Crippen LogP contribution is -2.54. The molecule has 1 aliphatic rings. The summed E-state index contributed by atoms with van der Waals surface area (Å²) in [4.78, 5) is 29.2. The monoisotopic (exact) mass is 431 g/mol. The number of piperazine rings is 1. The van der Waals surface area contributed by atoms with Crippen LogP contribution in [0.3, 0.4) is 0 Å². The first-order valence-corrected chi connectivity index (χ1v) is 10.1. The standard InChI is InChI=1S/C22H26ClN3O4/c1-15(21(27)24-18-7-8-19(29-2)20(14-18)30-3)25-9-11-26(12-10-25)22(28)16-5-4-6-17(23)13-16/h4-8,13-15H,9-12H2,1-3H3,(H,24,27). The molecule has 8 heteroatoms. The molecule has 30 heavy (non-hydrogen) atoms. The second kappa shape index (κ2) is 9.82. The van der Waals surface area contributed by atoms with Crippen molar-refractivity contribution in [3.8, 4) is 11.5 Å². The SMILES string of the molecule is COc1ccc(NC(=O)C(C)N2CCN(C(=O)c3cccc(Cl)c3)CC2)cc1OC. The third-order valence-electron chi connectivity index (χ3n) is 5.25. The zero-order valence-electron chi connectivity index (χ0n) is 17.4. The second-order valence-corrected chi connectivity index (χ2v) is 7.51. The molecule has 0 aromatic heterocycles. The number of amides is 2. The average molecular weight is 432 g/mol. The lowest BCUT2D eigenvalue weighted by molar-refractivity contribution is -0.121. The van der Waals surface area contributed by atoms with Gasteiger partial charge in [-0.2, -0.15) is 0 Å². The molecule has 0 spiro atoms. The van der Waals surface area contributed by atoms with Gasteiger partial charge in [-0.05, 0) is 37.3 Å². The zero-order chi connectivity index (χ0) is 21.7. The van der Waals surface area contributed by atoms with E-state index in [1.165, 1.54) is 0 Å². The normalized spacial score (nSPS) is 15.4. The van der Waals surface area contributed by atoms with Crippen molar-refractivity contribution in [2.24, 2.45) is 0 Å². The van der Waals surface area contributed by atoms with Crippen molar-refractivity contribution < 1.29 is 19.1 Å². The van der Waals surface area contributed by atoms with Crippen LogP contribution in [0, 0.1) is 0 Å². The van der Waals surface area contributed by atoms with Gasteiger partial charge in [-0.1, -0.05) is 17.7 Å². The highest BCUT2D eigenvalue weighted by Crippen LogP contribution is 2.29. The van der Waals surface area contributed by atoms with Crippen LogP contribution < -0.4 is 14.8 Å². The van der Waals surface area contributed by atoms with Gasteiger partial charge in [0.25, 0.3) is 5.91 Å². The number of nitrogens with zero attached hydrogens (tertiary/aromatic N) is 2. The highest BCUT2D eigenvalue weighted by molar-refractivity contribution is 6.30. The molecular formula is C22H26ClN3O4. The molecule has 2 aromatic rings. The van der Waals surface area contributed by atoms with Crippen molar-refractivity contribution in [2.45, 2.75) is 13.0 Å². The molecule has 0 bridgehead atoms. The van der Waals surface area contributed by atoms with E-state index >= 15 is 0 Å². The summed E-state index contributed by atoms with van der Waals surface area (Å²) >= 11 is 5.99. The fourth-order valence-corrected chi connectivity index (χ4v) is 3.63. The maximum atomic E-state index is 12.7. The lowest BCUT2D eigenvalue weighted by Gasteiger charge is -2.37.